The Morgan fingerprint density at radius 3 is 2.64 bits per heavy atom. The molecule has 2 amide bonds. The molecular weight excluding hydrogens is 363 g/mol. The summed E-state index contributed by atoms with van der Waals surface area (Å²) in [4.78, 5) is 30.8. The number of hydrogen-bond acceptors (Lipinski definition) is 5. The van der Waals surface area contributed by atoms with Crippen molar-refractivity contribution in [3.8, 4) is 11.5 Å². The van der Waals surface area contributed by atoms with Gasteiger partial charge in [0.2, 0.25) is 5.91 Å². The maximum Gasteiger partial charge on any atom is 0.293 e. The van der Waals surface area contributed by atoms with Gasteiger partial charge in [0.25, 0.3) is 17.6 Å². The van der Waals surface area contributed by atoms with E-state index in [1.54, 1.807) is 13.0 Å². The van der Waals surface area contributed by atoms with Crippen molar-refractivity contribution >= 4 is 11.8 Å². The summed E-state index contributed by atoms with van der Waals surface area (Å²) in [6, 6.07) is 4.98. The number of nitrogens with zero attached hydrogens (tertiary/aromatic N) is 3. The van der Waals surface area contributed by atoms with Gasteiger partial charge in [0, 0.05) is 18.7 Å². The second-order valence-corrected chi connectivity index (χ2v) is 7.81. The summed E-state index contributed by atoms with van der Waals surface area (Å²) in [7, 11) is 0. The summed E-state index contributed by atoms with van der Waals surface area (Å²) in [6.07, 6.45) is 5.92. The van der Waals surface area contributed by atoms with Gasteiger partial charge in [0.05, 0.1) is 0 Å². The lowest BCUT2D eigenvalue weighted by molar-refractivity contribution is -0.136. The zero-order valence-corrected chi connectivity index (χ0v) is 15.8. The molecule has 0 radical (unpaired) electrons. The van der Waals surface area contributed by atoms with E-state index < -0.39 is 17.8 Å². The number of carbonyl (C=O) groups excluding carboxylic acids is 2. The number of amides is 2. The SMILES string of the molecule is C[C@@H](NC(=O)c1noc(-c2cccc(F)c2)n1)C(=O)N1CCC2(CCC2)CC1. The molecule has 1 atom stereocenters. The Balaban J connectivity index is 1.35. The zero-order chi connectivity index (χ0) is 19.7. The van der Waals surface area contributed by atoms with E-state index in [2.05, 4.69) is 15.5 Å². The van der Waals surface area contributed by atoms with Crippen LogP contribution in [0.1, 0.15) is 49.6 Å². The Bertz CT molecular complexity index is 883. The van der Waals surface area contributed by atoms with Gasteiger partial charge in [-0.3, -0.25) is 9.59 Å². The highest BCUT2D eigenvalue weighted by molar-refractivity contribution is 5.94. The van der Waals surface area contributed by atoms with Crippen LogP contribution in [-0.4, -0.2) is 46.0 Å². The fraction of sp³-hybridized carbons (Fsp3) is 0.500. The third kappa shape index (κ3) is 3.63. The van der Waals surface area contributed by atoms with Crippen LogP contribution in [0.5, 0.6) is 0 Å². The van der Waals surface area contributed by atoms with Crippen molar-refractivity contribution in [1.29, 1.82) is 0 Å². The van der Waals surface area contributed by atoms with Crippen molar-refractivity contribution in [3.05, 3.63) is 35.9 Å². The molecule has 1 saturated heterocycles. The first-order chi connectivity index (χ1) is 13.5. The van der Waals surface area contributed by atoms with Crippen molar-refractivity contribution in [3.63, 3.8) is 0 Å². The average molecular weight is 386 g/mol. The Morgan fingerprint density at radius 2 is 2.00 bits per heavy atom. The van der Waals surface area contributed by atoms with Crippen LogP contribution in [-0.2, 0) is 4.79 Å². The number of carbonyl (C=O) groups is 2. The van der Waals surface area contributed by atoms with E-state index in [9.17, 15) is 14.0 Å². The van der Waals surface area contributed by atoms with Gasteiger partial charge in [-0.25, -0.2) is 4.39 Å². The first kappa shape index (κ1) is 18.6. The van der Waals surface area contributed by atoms with E-state index in [0.717, 1.165) is 25.9 Å². The number of aromatic nitrogens is 2. The lowest BCUT2D eigenvalue weighted by Crippen LogP contribution is -2.52. The van der Waals surface area contributed by atoms with Crippen molar-refractivity contribution in [1.82, 2.24) is 20.4 Å². The van der Waals surface area contributed by atoms with Gasteiger partial charge in [-0.1, -0.05) is 17.6 Å². The molecule has 148 valence electrons. The van der Waals surface area contributed by atoms with Gasteiger partial charge < -0.3 is 14.7 Å². The van der Waals surface area contributed by atoms with Gasteiger partial charge in [-0.2, -0.15) is 4.98 Å². The third-order valence-electron chi connectivity index (χ3n) is 5.97. The van der Waals surface area contributed by atoms with Crippen LogP contribution in [0.15, 0.2) is 28.8 Å². The van der Waals surface area contributed by atoms with E-state index >= 15 is 0 Å². The summed E-state index contributed by atoms with van der Waals surface area (Å²) in [5, 5.41) is 6.27. The predicted octanol–water partition coefficient (Wildman–Crippen LogP) is 2.79. The molecule has 2 heterocycles. The number of likely N-dealkylation sites (tertiary alicyclic amines) is 1. The van der Waals surface area contributed by atoms with Crippen molar-refractivity contribution < 1.29 is 18.5 Å². The molecule has 4 rings (SSSR count). The molecule has 1 aliphatic carbocycles. The first-order valence-electron chi connectivity index (χ1n) is 9.65. The van der Waals surface area contributed by atoms with E-state index in [-0.39, 0.29) is 17.6 Å². The zero-order valence-electron chi connectivity index (χ0n) is 15.8. The number of hydrogen-bond donors (Lipinski definition) is 1. The minimum absolute atomic E-state index is 0.0467. The van der Waals surface area contributed by atoms with Crippen LogP contribution in [0, 0.1) is 11.2 Å². The Kier molecular flexibility index (Phi) is 4.87. The molecule has 8 heteroatoms. The Hall–Kier alpha value is -2.77. The second kappa shape index (κ2) is 7.33. The molecule has 28 heavy (non-hydrogen) atoms. The first-order valence-corrected chi connectivity index (χ1v) is 9.65. The van der Waals surface area contributed by atoms with Crippen molar-refractivity contribution in [2.45, 2.75) is 45.1 Å². The second-order valence-electron chi connectivity index (χ2n) is 7.81. The summed E-state index contributed by atoms with van der Waals surface area (Å²) < 4.78 is 18.4. The van der Waals surface area contributed by atoms with Gasteiger partial charge >= 0.3 is 0 Å². The molecule has 1 aromatic carbocycles. The van der Waals surface area contributed by atoms with E-state index in [1.165, 1.54) is 37.5 Å². The molecule has 1 saturated carbocycles. The van der Waals surface area contributed by atoms with Crippen molar-refractivity contribution in [2.24, 2.45) is 5.41 Å². The highest BCUT2D eigenvalue weighted by Gasteiger charge is 2.41. The molecule has 2 fully saturated rings. The summed E-state index contributed by atoms with van der Waals surface area (Å²) in [5.74, 6) is -1.28. The molecule has 7 nitrogen and oxygen atoms in total. The van der Waals surface area contributed by atoms with E-state index in [0.29, 0.717) is 11.0 Å². The normalized spacial score (nSPS) is 19.1. The van der Waals surface area contributed by atoms with Gasteiger partial charge in [0.15, 0.2) is 0 Å². The monoisotopic (exact) mass is 386 g/mol. The van der Waals surface area contributed by atoms with Crippen LogP contribution >= 0.6 is 0 Å². The van der Waals surface area contributed by atoms with Crippen LogP contribution in [0.25, 0.3) is 11.5 Å². The maximum absolute atomic E-state index is 13.3. The molecule has 1 spiro atoms. The molecule has 2 aliphatic rings. The Labute approximate surface area is 162 Å². The lowest BCUT2D eigenvalue weighted by Gasteiger charge is -2.48. The minimum atomic E-state index is -0.681. The molecule has 1 aliphatic heterocycles. The van der Waals surface area contributed by atoms with Gasteiger partial charge in [0.1, 0.15) is 11.9 Å². The minimum Gasteiger partial charge on any atom is -0.341 e. The van der Waals surface area contributed by atoms with E-state index in [4.69, 9.17) is 4.52 Å². The van der Waals surface area contributed by atoms with Gasteiger partial charge in [-0.05, 0) is 56.2 Å². The smallest absolute Gasteiger partial charge is 0.293 e. The maximum atomic E-state index is 13.3. The predicted molar refractivity (Wildman–Crippen MR) is 98.7 cm³/mol. The molecular formula is C20H23FN4O3. The quantitative estimate of drug-likeness (QED) is 0.873. The largest absolute Gasteiger partial charge is 0.341 e. The van der Waals surface area contributed by atoms with E-state index in [1.807, 2.05) is 4.90 Å². The van der Waals surface area contributed by atoms with Crippen LogP contribution < -0.4 is 5.32 Å². The molecule has 1 N–H and O–H groups in total. The average Bonchev–Trinajstić information content (AvgIpc) is 3.16. The number of piperidine rings is 1. The van der Waals surface area contributed by atoms with Gasteiger partial charge in [-0.15, -0.1) is 0 Å². The number of benzene rings is 1. The topological polar surface area (TPSA) is 88.3 Å². The molecule has 2 aromatic rings. The fourth-order valence-corrected chi connectivity index (χ4v) is 4.03. The van der Waals surface area contributed by atoms with Crippen molar-refractivity contribution in [2.75, 3.05) is 13.1 Å². The molecule has 1 aromatic heterocycles. The van der Waals surface area contributed by atoms with Crippen LogP contribution in [0.4, 0.5) is 4.39 Å². The fourth-order valence-electron chi connectivity index (χ4n) is 4.03. The summed E-state index contributed by atoms with van der Waals surface area (Å²) >= 11 is 0. The summed E-state index contributed by atoms with van der Waals surface area (Å²) in [6.45, 7) is 3.14. The van der Waals surface area contributed by atoms with Crippen LogP contribution in [0.3, 0.4) is 0 Å². The standard InChI is InChI=1S/C20H23FN4O3/c1-13(19(27)25-10-8-20(9-11-25)6-3-7-20)22-17(26)16-23-18(28-24-16)14-4-2-5-15(21)12-14/h2,4-5,12-13H,3,6-11H2,1H3,(H,22,26)/t13-/m1/s1. The highest BCUT2D eigenvalue weighted by Crippen LogP contribution is 2.48. The molecule has 0 unspecified atom stereocenters. The summed E-state index contributed by atoms with van der Waals surface area (Å²) in [5.41, 5.74) is 0.843. The molecule has 0 bridgehead atoms. The third-order valence-corrected chi connectivity index (χ3v) is 5.97. The Morgan fingerprint density at radius 1 is 1.25 bits per heavy atom. The number of halogens is 1. The highest BCUT2D eigenvalue weighted by atomic mass is 19.1. The number of nitrogens with one attached hydrogen (secondary N) is 1. The number of rotatable bonds is 4. The lowest BCUT2D eigenvalue weighted by atomic mass is 9.63. The van der Waals surface area contributed by atoms with Crippen LogP contribution in [0.2, 0.25) is 0 Å².